The standard InChI is InChI=1S/C34H39NO8/c1-22(36)35-28-30(43-32(39)33(3,4)5)29(41-23(2)37)27(42-31(28)38)21-40-34(24-15-9-6-10-16-24,25-17-11-7-12-18-25)26-19-13-8-14-20-26/h6-20,27-31,38H,21H2,1-5H3,(H,35,36)/t27-,28-,29-,30-,31?/m1/s1. The molecule has 2 N–H and O–H groups in total. The number of hydrogen-bond acceptors (Lipinski definition) is 8. The maximum Gasteiger partial charge on any atom is 0.311 e. The minimum absolute atomic E-state index is 0.190. The van der Waals surface area contributed by atoms with Gasteiger partial charge in [0.25, 0.3) is 0 Å². The van der Waals surface area contributed by atoms with Crippen molar-refractivity contribution in [2.24, 2.45) is 5.41 Å². The zero-order chi connectivity index (χ0) is 31.2. The van der Waals surface area contributed by atoms with E-state index in [1.54, 1.807) is 20.8 Å². The smallest absolute Gasteiger partial charge is 0.311 e. The molecular weight excluding hydrogens is 550 g/mol. The molecule has 1 aliphatic heterocycles. The van der Waals surface area contributed by atoms with Gasteiger partial charge >= 0.3 is 11.9 Å². The Labute approximate surface area is 252 Å². The summed E-state index contributed by atoms with van der Waals surface area (Å²) in [4.78, 5) is 37.5. The molecule has 228 valence electrons. The number of ether oxygens (including phenoxy) is 4. The van der Waals surface area contributed by atoms with E-state index in [2.05, 4.69) is 5.32 Å². The quantitative estimate of drug-likeness (QED) is 0.283. The molecule has 5 atom stereocenters. The first-order valence-electron chi connectivity index (χ1n) is 14.2. The molecule has 1 aliphatic rings. The van der Waals surface area contributed by atoms with Gasteiger partial charge in [-0.3, -0.25) is 14.4 Å². The lowest BCUT2D eigenvalue weighted by atomic mass is 9.80. The van der Waals surface area contributed by atoms with Crippen molar-refractivity contribution in [1.29, 1.82) is 0 Å². The van der Waals surface area contributed by atoms with Gasteiger partial charge in [-0.05, 0) is 37.5 Å². The van der Waals surface area contributed by atoms with Crippen LogP contribution < -0.4 is 5.32 Å². The first-order valence-corrected chi connectivity index (χ1v) is 14.2. The minimum Gasteiger partial charge on any atom is -0.456 e. The van der Waals surface area contributed by atoms with E-state index in [0.29, 0.717) is 0 Å². The molecule has 1 saturated heterocycles. The molecule has 0 aliphatic carbocycles. The van der Waals surface area contributed by atoms with Crippen molar-refractivity contribution in [2.75, 3.05) is 6.61 Å². The maximum absolute atomic E-state index is 13.1. The molecule has 1 heterocycles. The Balaban J connectivity index is 1.80. The zero-order valence-corrected chi connectivity index (χ0v) is 25.1. The zero-order valence-electron chi connectivity index (χ0n) is 25.1. The molecule has 3 aromatic carbocycles. The van der Waals surface area contributed by atoms with E-state index in [1.165, 1.54) is 13.8 Å². The highest BCUT2D eigenvalue weighted by Gasteiger charge is 2.52. The van der Waals surface area contributed by atoms with Crippen molar-refractivity contribution in [1.82, 2.24) is 5.32 Å². The summed E-state index contributed by atoms with van der Waals surface area (Å²) in [6.45, 7) is 7.32. The third-order valence-electron chi connectivity index (χ3n) is 7.20. The van der Waals surface area contributed by atoms with Gasteiger partial charge in [-0.25, -0.2) is 0 Å². The average molecular weight is 590 g/mol. The van der Waals surface area contributed by atoms with Crippen LogP contribution in [0.4, 0.5) is 0 Å². The van der Waals surface area contributed by atoms with Gasteiger partial charge in [-0.2, -0.15) is 0 Å². The Morgan fingerprint density at radius 3 is 1.63 bits per heavy atom. The Kier molecular flexibility index (Phi) is 10.0. The average Bonchev–Trinajstić information content (AvgIpc) is 2.97. The second-order valence-corrected chi connectivity index (χ2v) is 11.6. The summed E-state index contributed by atoms with van der Waals surface area (Å²) in [6, 6.07) is 27.8. The predicted molar refractivity (Wildman–Crippen MR) is 159 cm³/mol. The van der Waals surface area contributed by atoms with Gasteiger partial charge in [-0.1, -0.05) is 91.0 Å². The van der Waals surface area contributed by atoms with Gasteiger partial charge in [0, 0.05) is 13.8 Å². The van der Waals surface area contributed by atoms with Crippen LogP contribution in [0.2, 0.25) is 0 Å². The highest BCUT2D eigenvalue weighted by Crippen LogP contribution is 2.41. The molecule has 9 nitrogen and oxygen atoms in total. The molecule has 9 heteroatoms. The van der Waals surface area contributed by atoms with Crippen LogP contribution in [0.3, 0.4) is 0 Å². The van der Waals surface area contributed by atoms with Gasteiger partial charge in [-0.15, -0.1) is 0 Å². The second kappa shape index (κ2) is 13.5. The molecule has 3 aromatic rings. The fourth-order valence-electron chi connectivity index (χ4n) is 5.19. The van der Waals surface area contributed by atoms with Gasteiger partial charge in [0.05, 0.1) is 12.0 Å². The summed E-state index contributed by atoms with van der Waals surface area (Å²) in [6.07, 6.45) is -5.17. The van der Waals surface area contributed by atoms with Crippen molar-refractivity contribution in [3.05, 3.63) is 108 Å². The lowest BCUT2D eigenvalue weighted by Gasteiger charge is -2.45. The largest absolute Gasteiger partial charge is 0.456 e. The number of rotatable bonds is 9. The highest BCUT2D eigenvalue weighted by molar-refractivity contribution is 5.76. The fourth-order valence-corrected chi connectivity index (χ4v) is 5.19. The number of aliphatic hydroxyl groups excluding tert-OH is 1. The predicted octanol–water partition coefficient (Wildman–Crippen LogP) is 4.11. The maximum atomic E-state index is 13.1. The summed E-state index contributed by atoms with van der Waals surface area (Å²) in [7, 11) is 0. The SMILES string of the molecule is CC(=O)N[C@H]1C(O)O[C@H](COC(c2ccccc2)(c2ccccc2)c2ccccc2)[C@@H](OC(C)=O)[C@@H]1OC(=O)C(C)(C)C. The van der Waals surface area contributed by atoms with E-state index >= 15 is 0 Å². The second-order valence-electron chi connectivity index (χ2n) is 11.6. The van der Waals surface area contributed by atoms with Gasteiger partial charge in [0.1, 0.15) is 17.7 Å². The summed E-state index contributed by atoms with van der Waals surface area (Å²) in [5, 5.41) is 13.7. The van der Waals surface area contributed by atoms with Crippen molar-refractivity contribution in [2.45, 2.75) is 70.9 Å². The number of carbonyl (C=O) groups excluding carboxylic acids is 3. The van der Waals surface area contributed by atoms with E-state index in [0.717, 1.165) is 16.7 Å². The van der Waals surface area contributed by atoms with Crippen LogP contribution in [-0.2, 0) is 38.9 Å². The third-order valence-corrected chi connectivity index (χ3v) is 7.20. The number of aliphatic hydroxyl groups is 1. The molecule has 1 amide bonds. The van der Waals surface area contributed by atoms with Crippen LogP contribution >= 0.6 is 0 Å². The molecule has 1 fully saturated rings. The van der Waals surface area contributed by atoms with Crippen LogP contribution in [0.15, 0.2) is 91.0 Å². The van der Waals surface area contributed by atoms with Crippen LogP contribution in [-0.4, -0.2) is 60.2 Å². The van der Waals surface area contributed by atoms with E-state index in [4.69, 9.17) is 18.9 Å². The molecular formula is C34H39NO8. The number of esters is 2. The molecule has 0 radical (unpaired) electrons. The van der Waals surface area contributed by atoms with Gasteiger partial charge in [0.15, 0.2) is 18.5 Å². The summed E-state index contributed by atoms with van der Waals surface area (Å²) >= 11 is 0. The molecule has 43 heavy (non-hydrogen) atoms. The Morgan fingerprint density at radius 1 is 0.767 bits per heavy atom. The Morgan fingerprint density at radius 2 is 1.23 bits per heavy atom. The number of hydrogen-bond donors (Lipinski definition) is 2. The minimum atomic E-state index is -1.60. The lowest BCUT2D eigenvalue weighted by Crippen LogP contribution is -2.66. The van der Waals surface area contributed by atoms with Crippen LogP contribution in [0.25, 0.3) is 0 Å². The molecule has 0 aromatic heterocycles. The third kappa shape index (κ3) is 7.30. The monoisotopic (exact) mass is 589 g/mol. The van der Waals surface area contributed by atoms with Crippen molar-refractivity contribution in [3.8, 4) is 0 Å². The summed E-state index contributed by atoms with van der Waals surface area (Å²) in [5.74, 6) is -1.75. The number of amides is 1. The van der Waals surface area contributed by atoms with E-state index in [-0.39, 0.29) is 6.61 Å². The molecule has 0 bridgehead atoms. The van der Waals surface area contributed by atoms with Crippen LogP contribution in [0.5, 0.6) is 0 Å². The molecule has 0 saturated carbocycles. The first kappa shape index (κ1) is 31.9. The number of nitrogens with one attached hydrogen (secondary N) is 1. The van der Waals surface area contributed by atoms with E-state index in [1.807, 2.05) is 91.0 Å². The van der Waals surface area contributed by atoms with Crippen molar-refractivity contribution >= 4 is 17.8 Å². The molecule has 4 rings (SSSR count). The summed E-state index contributed by atoms with van der Waals surface area (Å²) in [5.41, 5.74) is 0.448. The first-order chi connectivity index (χ1) is 20.4. The normalized spacial score (nSPS) is 22.3. The molecule has 1 unspecified atom stereocenters. The van der Waals surface area contributed by atoms with E-state index in [9.17, 15) is 19.5 Å². The van der Waals surface area contributed by atoms with Crippen LogP contribution in [0.1, 0.15) is 51.3 Å². The lowest BCUT2D eigenvalue weighted by molar-refractivity contribution is -0.271. The van der Waals surface area contributed by atoms with Gasteiger partial charge in [0.2, 0.25) is 5.91 Å². The van der Waals surface area contributed by atoms with E-state index < -0.39 is 59.5 Å². The molecule has 0 spiro atoms. The summed E-state index contributed by atoms with van der Waals surface area (Å²) < 4.78 is 24.4. The topological polar surface area (TPSA) is 120 Å². The van der Waals surface area contributed by atoms with Crippen molar-refractivity contribution in [3.63, 3.8) is 0 Å². The Hall–Kier alpha value is -4.05. The van der Waals surface area contributed by atoms with Crippen LogP contribution in [0, 0.1) is 5.41 Å². The van der Waals surface area contributed by atoms with Crippen molar-refractivity contribution < 1.29 is 38.4 Å². The highest BCUT2D eigenvalue weighted by atomic mass is 16.7. The Bertz CT molecular complexity index is 1280. The number of benzene rings is 3. The number of carbonyl (C=O) groups is 3. The van der Waals surface area contributed by atoms with Gasteiger partial charge < -0.3 is 29.4 Å². The fraction of sp³-hybridized carbons (Fsp3) is 0.382.